The number of hydrogen-bond acceptors (Lipinski definition) is 2. The van der Waals surface area contributed by atoms with Gasteiger partial charge in [0.15, 0.2) is 0 Å². The van der Waals surface area contributed by atoms with Gasteiger partial charge in [-0.3, -0.25) is 4.79 Å². The molecule has 1 aliphatic rings. The van der Waals surface area contributed by atoms with Crippen LogP contribution in [0.5, 0.6) is 0 Å². The van der Waals surface area contributed by atoms with Crippen LogP contribution in [0.2, 0.25) is 0 Å². The number of amides is 1. The number of carbonyl (C=O) groups is 1. The van der Waals surface area contributed by atoms with Crippen LogP contribution in [0.3, 0.4) is 0 Å². The molecular formula is C16H16BrNO2. The summed E-state index contributed by atoms with van der Waals surface area (Å²) in [6.45, 7) is 4.01. The number of nitrogens with one attached hydrogen (secondary N) is 1. The molecule has 3 rings (SSSR count). The van der Waals surface area contributed by atoms with Crippen molar-refractivity contribution in [1.82, 2.24) is 5.32 Å². The maximum Gasteiger partial charge on any atom is 0.255 e. The van der Waals surface area contributed by atoms with E-state index in [0.29, 0.717) is 5.56 Å². The van der Waals surface area contributed by atoms with Crippen molar-refractivity contribution in [3.05, 3.63) is 48.2 Å². The molecular weight excluding hydrogens is 318 g/mol. The summed E-state index contributed by atoms with van der Waals surface area (Å²) in [6, 6.07) is 7.72. The number of halogens is 1. The second-order valence-electron chi connectivity index (χ2n) is 5.23. The van der Waals surface area contributed by atoms with Crippen LogP contribution in [0.4, 0.5) is 0 Å². The predicted octanol–water partition coefficient (Wildman–Crippen LogP) is 4.03. The van der Waals surface area contributed by atoms with Gasteiger partial charge >= 0.3 is 0 Å². The highest BCUT2D eigenvalue weighted by Gasteiger charge is 2.27. The lowest BCUT2D eigenvalue weighted by Gasteiger charge is -2.29. The van der Waals surface area contributed by atoms with E-state index >= 15 is 0 Å². The minimum atomic E-state index is -0.0723. The van der Waals surface area contributed by atoms with E-state index < -0.39 is 0 Å². The molecule has 20 heavy (non-hydrogen) atoms. The Kier molecular flexibility index (Phi) is 3.66. The molecule has 104 valence electrons. The number of carbonyl (C=O) groups excluding carboxylic acids is 1. The summed E-state index contributed by atoms with van der Waals surface area (Å²) in [5.41, 5.74) is 2.58. The first-order valence-corrected chi connectivity index (χ1v) is 7.64. The van der Waals surface area contributed by atoms with Crippen molar-refractivity contribution in [2.24, 2.45) is 0 Å². The molecule has 2 atom stereocenters. The lowest BCUT2D eigenvalue weighted by Crippen LogP contribution is -2.42. The molecule has 0 aliphatic heterocycles. The zero-order valence-corrected chi connectivity index (χ0v) is 12.7. The van der Waals surface area contributed by atoms with Gasteiger partial charge in [-0.2, -0.15) is 0 Å². The summed E-state index contributed by atoms with van der Waals surface area (Å²) in [6.07, 6.45) is 4.34. The topological polar surface area (TPSA) is 42.2 Å². The van der Waals surface area contributed by atoms with Crippen LogP contribution >= 0.6 is 15.9 Å². The number of rotatable bonds is 2. The summed E-state index contributed by atoms with van der Waals surface area (Å²) >= 11 is 3.64. The molecule has 0 radical (unpaired) electrons. The smallest absolute Gasteiger partial charge is 0.255 e. The van der Waals surface area contributed by atoms with Crippen molar-refractivity contribution >= 4 is 32.8 Å². The Hall–Kier alpha value is -1.55. The Bertz CT molecular complexity index is 661. The highest BCUT2D eigenvalue weighted by atomic mass is 79.9. The van der Waals surface area contributed by atoms with Crippen LogP contribution in [0, 0.1) is 0 Å². The third-order valence-corrected chi connectivity index (χ3v) is 4.73. The van der Waals surface area contributed by atoms with Crippen molar-refractivity contribution in [2.45, 2.75) is 30.1 Å². The Morgan fingerprint density at radius 3 is 3.00 bits per heavy atom. The van der Waals surface area contributed by atoms with Gasteiger partial charge in [-0.25, -0.2) is 0 Å². The molecule has 1 aliphatic carbocycles. The number of furan rings is 1. The van der Waals surface area contributed by atoms with E-state index in [9.17, 15) is 4.79 Å². The lowest BCUT2D eigenvalue weighted by atomic mass is 9.91. The fraction of sp³-hybridized carbons (Fsp3) is 0.312. The molecule has 2 unspecified atom stereocenters. The van der Waals surface area contributed by atoms with Crippen LogP contribution in [-0.4, -0.2) is 16.8 Å². The van der Waals surface area contributed by atoms with E-state index in [1.165, 1.54) is 11.8 Å². The van der Waals surface area contributed by atoms with Gasteiger partial charge in [-0.05, 0) is 25.3 Å². The minimum Gasteiger partial charge on any atom is -0.463 e. The number of hydrogen-bond donors (Lipinski definition) is 1. The molecule has 1 amide bonds. The van der Waals surface area contributed by atoms with E-state index in [0.717, 1.165) is 30.2 Å². The van der Waals surface area contributed by atoms with E-state index in [2.05, 4.69) is 27.8 Å². The van der Waals surface area contributed by atoms with Gasteiger partial charge in [0, 0.05) is 16.3 Å². The Balaban J connectivity index is 1.78. The highest BCUT2D eigenvalue weighted by molar-refractivity contribution is 9.09. The number of fused-ring (bicyclic) bond motifs is 1. The molecule has 1 heterocycles. The second-order valence-corrected chi connectivity index (χ2v) is 6.41. The zero-order chi connectivity index (χ0) is 14.1. The first-order chi connectivity index (χ1) is 9.65. The molecule has 4 heteroatoms. The summed E-state index contributed by atoms with van der Waals surface area (Å²) in [5.74, 6) is -0.0723. The molecule has 1 saturated carbocycles. The standard InChI is InChI=1S/C16H16BrNO2/c1-10-6-7-14(13(17)8-10)18-16(19)12-9-20-15-5-3-2-4-11(12)15/h2-5,9,13-14H,1,6-8H2,(H,18,19). The summed E-state index contributed by atoms with van der Waals surface area (Å²) in [5, 5.41) is 3.95. The SMILES string of the molecule is C=C1CCC(NC(=O)c2coc3ccccc23)C(Br)C1. The molecule has 1 aromatic carbocycles. The monoisotopic (exact) mass is 333 g/mol. The van der Waals surface area contributed by atoms with Crippen LogP contribution < -0.4 is 5.32 Å². The van der Waals surface area contributed by atoms with Gasteiger partial charge in [0.25, 0.3) is 5.91 Å². The molecule has 1 fully saturated rings. The maximum atomic E-state index is 12.4. The number of para-hydroxylation sites is 1. The highest BCUT2D eigenvalue weighted by Crippen LogP contribution is 2.28. The Morgan fingerprint density at radius 2 is 2.20 bits per heavy atom. The summed E-state index contributed by atoms with van der Waals surface area (Å²) < 4.78 is 5.42. The number of benzene rings is 1. The average molecular weight is 334 g/mol. The van der Waals surface area contributed by atoms with Crippen molar-refractivity contribution in [3.8, 4) is 0 Å². The van der Waals surface area contributed by atoms with Crippen LogP contribution in [-0.2, 0) is 0 Å². The van der Waals surface area contributed by atoms with Gasteiger partial charge < -0.3 is 9.73 Å². The summed E-state index contributed by atoms with van der Waals surface area (Å²) in [7, 11) is 0. The first-order valence-electron chi connectivity index (χ1n) is 6.73. The normalized spacial score (nSPS) is 22.9. The van der Waals surface area contributed by atoms with Crippen LogP contribution in [0.25, 0.3) is 11.0 Å². The third kappa shape index (κ3) is 2.52. The Morgan fingerprint density at radius 1 is 1.40 bits per heavy atom. The van der Waals surface area contributed by atoms with Crippen molar-refractivity contribution < 1.29 is 9.21 Å². The fourth-order valence-electron chi connectivity index (χ4n) is 2.62. The maximum absolute atomic E-state index is 12.4. The first kappa shape index (κ1) is 13.4. The van der Waals surface area contributed by atoms with Crippen LogP contribution in [0.1, 0.15) is 29.6 Å². The minimum absolute atomic E-state index is 0.0723. The van der Waals surface area contributed by atoms with Crippen LogP contribution in [0.15, 0.2) is 47.1 Å². The second kappa shape index (κ2) is 5.44. The Labute approximate surface area is 126 Å². The average Bonchev–Trinajstić information content (AvgIpc) is 2.86. The van der Waals surface area contributed by atoms with Gasteiger partial charge in [-0.1, -0.05) is 46.3 Å². The third-order valence-electron chi connectivity index (χ3n) is 3.77. The van der Waals surface area contributed by atoms with E-state index in [-0.39, 0.29) is 16.8 Å². The number of alkyl halides is 1. The van der Waals surface area contributed by atoms with Crippen molar-refractivity contribution in [2.75, 3.05) is 0 Å². The fourth-order valence-corrected chi connectivity index (χ4v) is 3.48. The van der Waals surface area contributed by atoms with Gasteiger partial charge in [-0.15, -0.1) is 0 Å². The van der Waals surface area contributed by atoms with E-state index in [4.69, 9.17) is 4.42 Å². The molecule has 0 bridgehead atoms. The van der Waals surface area contributed by atoms with Gasteiger partial charge in [0.05, 0.1) is 5.56 Å². The molecule has 2 aromatic rings. The molecule has 0 spiro atoms. The number of allylic oxidation sites excluding steroid dienone is 1. The molecule has 0 saturated heterocycles. The largest absolute Gasteiger partial charge is 0.463 e. The van der Waals surface area contributed by atoms with Gasteiger partial charge in [0.1, 0.15) is 11.8 Å². The van der Waals surface area contributed by atoms with Crippen molar-refractivity contribution in [1.29, 1.82) is 0 Å². The molecule has 1 N–H and O–H groups in total. The molecule has 3 nitrogen and oxygen atoms in total. The van der Waals surface area contributed by atoms with E-state index in [1.54, 1.807) is 0 Å². The quantitative estimate of drug-likeness (QED) is 0.665. The predicted molar refractivity (Wildman–Crippen MR) is 83.2 cm³/mol. The molecule has 1 aromatic heterocycles. The zero-order valence-electron chi connectivity index (χ0n) is 11.1. The van der Waals surface area contributed by atoms with Crippen molar-refractivity contribution in [3.63, 3.8) is 0 Å². The lowest BCUT2D eigenvalue weighted by molar-refractivity contribution is 0.0933. The van der Waals surface area contributed by atoms with E-state index in [1.807, 2.05) is 24.3 Å². The summed E-state index contributed by atoms with van der Waals surface area (Å²) in [4.78, 5) is 12.7. The van der Waals surface area contributed by atoms with Gasteiger partial charge in [0.2, 0.25) is 0 Å².